The molecule has 1 fully saturated rings. The van der Waals surface area contributed by atoms with E-state index in [0.717, 1.165) is 0 Å². The molecular weight excluding hydrogens is 456 g/mol. The van der Waals surface area contributed by atoms with Crippen LogP contribution in [0.15, 0.2) is 66.3 Å². The van der Waals surface area contributed by atoms with Gasteiger partial charge in [0.2, 0.25) is 5.83 Å². The number of nitrogen functional groups attached to an aromatic ring is 1. The van der Waals surface area contributed by atoms with E-state index >= 15 is 4.39 Å². The third kappa shape index (κ3) is 4.30. The number of halogens is 2. The summed E-state index contributed by atoms with van der Waals surface area (Å²) in [6, 6.07) is 13.3. The summed E-state index contributed by atoms with van der Waals surface area (Å²) < 4.78 is 36.5. The van der Waals surface area contributed by atoms with Crippen LogP contribution in [0, 0.1) is 5.82 Å². The van der Waals surface area contributed by atoms with Crippen molar-refractivity contribution in [3.8, 4) is 22.8 Å². The lowest BCUT2D eigenvalue weighted by Gasteiger charge is -2.24. The molecule has 8 nitrogen and oxygen atoms in total. The molecule has 0 bridgehead atoms. The number of carboxylic acid groups (broad SMARTS) is 1. The quantitative estimate of drug-likeness (QED) is 0.368. The molecule has 0 aliphatic heterocycles. The van der Waals surface area contributed by atoms with Crippen LogP contribution < -0.4 is 10.5 Å². The lowest BCUT2D eigenvalue weighted by Crippen LogP contribution is -2.17. The zero-order valence-electron chi connectivity index (χ0n) is 18.5. The first-order valence-electron chi connectivity index (χ1n) is 11.0. The molecular formula is C25H21F2N5O3. The molecule has 1 aliphatic rings. The van der Waals surface area contributed by atoms with Crippen molar-refractivity contribution in [2.75, 3.05) is 5.73 Å². The lowest BCUT2D eigenvalue weighted by molar-refractivity contribution is -0.134. The molecule has 0 saturated heterocycles. The Morgan fingerprint density at radius 1 is 1.09 bits per heavy atom. The molecule has 0 spiro atoms. The van der Waals surface area contributed by atoms with Crippen LogP contribution in [0.25, 0.3) is 22.3 Å². The van der Waals surface area contributed by atoms with Crippen molar-refractivity contribution in [2.45, 2.75) is 31.7 Å². The monoisotopic (exact) mass is 477 g/mol. The summed E-state index contributed by atoms with van der Waals surface area (Å²) in [7, 11) is 0. The van der Waals surface area contributed by atoms with Gasteiger partial charge in [0.25, 0.3) is 0 Å². The van der Waals surface area contributed by atoms with E-state index in [0.29, 0.717) is 41.1 Å². The van der Waals surface area contributed by atoms with Crippen LogP contribution in [0.2, 0.25) is 0 Å². The van der Waals surface area contributed by atoms with E-state index in [4.69, 9.17) is 15.6 Å². The van der Waals surface area contributed by atoms with Crippen LogP contribution in [0.4, 0.5) is 14.6 Å². The number of fused-ring (bicyclic) bond motifs is 1. The van der Waals surface area contributed by atoms with Crippen LogP contribution in [0.5, 0.6) is 11.5 Å². The smallest absolute Gasteiger partial charge is 0.364 e. The van der Waals surface area contributed by atoms with Crippen molar-refractivity contribution in [1.82, 2.24) is 19.7 Å². The first-order valence-corrected chi connectivity index (χ1v) is 11.0. The van der Waals surface area contributed by atoms with E-state index in [1.165, 1.54) is 12.4 Å². The summed E-state index contributed by atoms with van der Waals surface area (Å²) in [6.45, 7) is 0. The minimum atomic E-state index is -1.55. The Labute approximate surface area is 198 Å². The van der Waals surface area contributed by atoms with E-state index in [9.17, 15) is 9.18 Å². The number of nitrogens with zero attached hydrogens (tertiary/aromatic N) is 4. The Morgan fingerprint density at radius 2 is 1.83 bits per heavy atom. The van der Waals surface area contributed by atoms with Crippen LogP contribution in [-0.4, -0.2) is 30.8 Å². The average Bonchev–Trinajstić information content (AvgIpc) is 3.25. The van der Waals surface area contributed by atoms with Crippen molar-refractivity contribution in [2.24, 2.45) is 0 Å². The van der Waals surface area contributed by atoms with Gasteiger partial charge in [-0.15, -0.1) is 0 Å². The van der Waals surface area contributed by atoms with Crippen LogP contribution in [0.1, 0.15) is 31.7 Å². The lowest BCUT2D eigenvalue weighted by atomic mass is 9.90. The molecule has 2 aromatic heterocycles. The summed E-state index contributed by atoms with van der Waals surface area (Å²) in [5.41, 5.74) is 7.36. The highest BCUT2D eigenvalue weighted by atomic mass is 19.1. The molecule has 0 radical (unpaired) electrons. The highest BCUT2D eigenvalue weighted by Gasteiger charge is 2.28. The maximum atomic E-state index is 15.3. The maximum Gasteiger partial charge on any atom is 0.364 e. The predicted molar refractivity (Wildman–Crippen MR) is 125 cm³/mol. The molecule has 35 heavy (non-hydrogen) atoms. The third-order valence-electron chi connectivity index (χ3n) is 6.10. The molecule has 2 heterocycles. The topological polar surface area (TPSA) is 116 Å². The maximum absolute atomic E-state index is 15.3. The highest BCUT2D eigenvalue weighted by molar-refractivity contribution is 5.98. The number of carbonyl (C=O) groups is 1. The number of allylic oxidation sites excluding steroid dienone is 1. The van der Waals surface area contributed by atoms with Gasteiger partial charge >= 0.3 is 5.97 Å². The van der Waals surface area contributed by atoms with E-state index in [-0.39, 0.29) is 35.8 Å². The van der Waals surface area contributed by atoms with E-state index in [2.05, 4.69) is 15.1 Å². The van der Waals surface area contributed by atoms with E-state index in [1.54, 1.807) is 28.9 Å². The molecule has 2 aromatic carbocycles. The molecule has 0 amide bonds. The van der Waals surface area contributed by atoms with E-state index in [1.807, 2.05) is 18.2 Å². The Kier molecular flexibility index (Phi) is 5.86. The number of hydrogen-bond acceptors (Lipinski definition) is 6. The fourth-order valence-electron chi connectivity index (χ4n) is 4.38. The molecule has 4 aromatic rings. The largest absolute Gasteiger partial charge is 0.476 e. The second-order valence-corrected chi connectivity index (χ2v) is 8.26. The highest BCUT2D eigenvalue weighted by Crippen LogP contribution is 2.39. The molecule has 0 atom stereocenters. The summed E-state index contributed by atoms with van der Waals surface area (Å²) in [5, 5.41) is 14.0. The predicted octanol–water partition coefficient (Wildman–Crippen LogP) is 5.43. The minimum absolute atomic E-state index is 0.161. The summed E-state index contributed by atoms with van der Waals surface area (Å²) in [4.78, 5) is 19.3. The van der Waals surface area contributed by atoms with Gasteiger partial charge in [0.1, 0.15) is 35.2 Å². The van der Waals surface area contributed by atoms with Crippen LogP contribution in [0.3, 0.4) is 0 Å². The number of aliphatic carboxylic acids is 1. The molecule has 1 saturated carbocycles. The third-order valence-corrected chi connectivity index (χ3v) is 6.10. The molecule has 178 valence electrons. The SMILES string of the molecule is Nc1ncnc2c1c(-c1ccc(Oc3ccccc3)cc1F)nn2C1CCC(=C(F)C(=O)O)CC1. The number of hydrogen-bond donors (Lipinski definition) is 2. The van der Waals surface area contributed by atoms with E-state index < -0.39 is 17.6 Å². The average molecular weight is 477 g/mol. The standard InChI is InChI=1S/C25H21F2N5O3/c26-19-12-17(35-16-4-2-1-3-5-16)10-11-18(19)22-20-23(28)29-13-30-24(20)32(31-22)15-8-6-14(7-9-15)21(27)25(33)34/h1-5,10-13,15H,6-9H2,(H,33,34)(H2,28,29,30). The molecule has 0 unspecified atom stereocenters. The fourth-order valence-corrected chi connectivity index (χ4v) is 4.38. The Balaban J connectivity index is 1.50. The van der Waals surface area contributed by atoms with Crippen LogP contribution in [-0.2, 0) is 4.79 Å². The summed E-state index contributed by atoms with van der Waals surface area (Å²) in [6.07, 6.45) is 2.79. The van der Waals surface area contributed by atoms with Gasteiger partial charge in [-0.3, -0.25) is 0 Å². The minimum Gasteiger partial charge on any atom is -0.476 e. The second-order valence-electron chi connectivity index (χ2n) is 8.26. The first kappa shape index (κ1) is 22.5. The summed E-state index contributed by atoms with van der Waals surface area (Å²) >= 11 is 0. The number of benzene rings is 2. The number of nitrogens with two attached hydrogens (primary N) is 1. The van der Waals surface area contributed by atoms with Crippen molar-refractivity contribution >= 4 is 22.8 Å². The van der Waals surface area contributed by atoms with Crippen molar-refractivity contribution in [3.63, 3.8) is 0 Å². The van der Waals surface area contributed by atoms with Crippen LogP contribution >= 0.6 is 0 Å². The number of anilines is 1. The van der Waals surface area contributed by atoms with Gasteiger partial charge < -0.3 is 15.6 Å². The molecule has 5 rings (SSSR count). The van der Waals surface area contributed by atoms with Crippen molar-refractivity contribution in [1.29, 1.82) is 0 Å². The molecule has 1 aliphatic carbocycles. The van der Waals surface area contributed by atoms with Gasteiger partial charge in [-0.05, 0) is 55.5 Å². The number of aromatic nitrogens is 4. The number of ether oxygens (including phenoxy) is 1. The van der Waals surface area contributed by atoms with Gasteiger partial charge in [0.15, 0.2) is 5.65 Å². The number of para-hydroxylation sites is 1. The van der Waals surface area contributed by atoms with Gasteiger partial charge in [0, 0.05) is 11.6 Å². The Hall–Kier alpha value is -4.34. The zero-order chi connectivity index (χ0) is 24.5. The summed E-state index contributed by atoms with van der Waals surface area (Å²) in [5.74, 6) is -2.13. The Bertz CT molecular complexity index is 1440. The number of carboxylic acids is 1. The normalized spacial score (nSPS) is 15.8. The van der Waals surface area contributed by atoms with Gasteiger partial charge in [-0.1, -0.05) is 18.2 Å². The molecule has 3 N–H and O–H groups in total. The van der Waals surface area contributed by atoms with Crippen molar-refractivity contribution < 1.29 is 23.4 Å². The molecule has 10 heteroatoms. The van der Waals surface area contributed by atoms with Gasteiger partial charge in [0.05, 0.1) is 11.4 Å². The fraction of sp³-hybridized carbons (Fsp3) is 0.200. The zero-order valence-corrected chi connectivity index (χ0v) is 18.5. The first-order chi connectivity index (χ1) is 16.9. The Morgan fingerprint density at radius 3 is 2.51 bits per heavy atom. The van der Waals surface area contributed by atoms with Gasteiger partial charge in [-0.25, -0.2) is 23.8 Å². The second kappa shape index (κ2) is 9.13. The van der Waals surface area contributed by atoms with Gasteiger partial charge in [-0.2, -0.15) is 9.49 Å². The van der Waals surface area contributed by atoms with Crippen molar-refractivity contribution in [3.05, 3.63) is 72.1 Å². The number of rotatable bonds is 5.